The molecule has 0 saturated carbocycles. The number of benzene rings is 1. The number of nitrogens with two attached hydrogens (primary N) is 1. The number of carboxylic acid groups (broad SMARTS) is 2. The van der Waals surface area contributed by atoms with Crippen LogP contribution in [0.4, 0.5) is 0 Å². The molecule has 4 unspecified atom stereocenters. The molecule has 188 valence electrons. The molecule has 1 rings (SSSR count). The van der Waals surface area contributed by atoms with Gasteiger partial charge in [0.25, 0.3) is 0 Å². The van der Waals surface area contributed by atoms with Gasteiger partial charge in [0, 0.05) is 12.8 Å². The Labute approximate surface area is 198 Å². The summed E-state index contributed by atoms with van der Waals surface area (Å²) in [7, 11) is 0. The zero-order valence-corrected chi connectivity index (χ0v) is 19.6. The molecule has 0 radical (unpaired) electrons. The molecule has 0 saturated heterocycles. The summed E-state index contributed by atoms with van der Waals surface area (Å²) in [4.78, 5) is 60.6. The number of amides is 3. The lowest BCUT2D eigenvalue weighted by Crippen LogP contribution is -2.57. The second kappa shape index (κ2) is 13.9. The van der Waals surface area contributed by atoms with Crippen molar-refractivity contribution < 1.29 is 34.2 Å². The molecule has 0 spiro atoms. The summed E-state index contributed by atoms with van der Waals surface area (Å²) in [5, 5.41) is 25.8. The number of hydrogen-bond acceptors (Lipinski definition) is 6. The molecular weight excluding hydrogens is 444 g/mol. The van der Waals surface area contributed by atoms with Gasteiger partial charge < -0.3 is 31.9 Å². The lowest BCUT2D eigenvalue weighted by atomic mass is 10.0. The quantitative estimate of drug-likeness (QED) is 0.216. The molecule has 0 bridgehead atoms. The first-order chi connectivity index (χ1) is 15.9. The minimum Gasteiger partial charge on any atom is -0.481 e. The van der Waals surface area contributed by atoms with Crippen LogP contribution in [-0.2, 0) is 30.4 Å². The van der Waals surface area contributed by atoms with Crippen molar-refractivity contribution in [3.05, 3.63) is 35.9 Å². The Morgan fingerprint density at radius 3 is 1.85 bits per heavy atom. The van der Waals surface area contributed by atoms with E-state index >= 15 is 0 Å². The largest absolute Gasteiger partial charge is 0.481 e. The van der Waals surface area contributed by atoms with Crippen molar-refractivity contribution in [2.45, 2.75) is 70.6 Å². The minimum absolute atomic E-state index is 0.0304. The number of carbonyl (C=O) groups excluding carboxylic acids is 3. The van der Waals surface area contributed by atoms with Crippen LogP contribution in [-0.4, -0.2) is 64.0 Å². The monoisotopic (exact) mass is 478 g/mol. The summed E-state index contributed by atoms with van der Waals surface area (Å²) in [6.45, 7) is 5.04. The molecule has 0 aromatic heterocycles. The SMILES string of the molecule is CC(C)CC(NC(=O)C(CCC(=O)O)NC(=O)C(Cc1ccccc1)NC(=O)C(C)N)C(=O)O. The van der Waals surface area contributed by atoms with Crippen molar-refractivity contribution in [3.8, 4) is 0 Å². The molecule has 7 N–H and O–H groups in total. The van der Waals surface area contributed by atoms with E-state index in [1.165, 1.54) is 6.92 Å². The van der Waals surface area contributed by atoms with Crippen LogP contribution in [0, 0.1) is 5.92 Å². The highest BCUT2D eigenvalue weighted by molar-refractivity contribution is 5.94. The molecule has 0 aliphatic rings. The Morgan fingerprint density at radius 1 is 0.824 bits per heavy atom. The van der Waals surface area contributed by atoms with E-state index in [2.05, 4.69) is 16.0 Å². The summed E-state index contributed by atoms with van der Waals surface area (Å²) < 4.78 is 0. The third-order valence-corrected chi connectivity index (χ3v) is 4.93. The standard InChI is InChI=1S/C23H34N4O7/c1-13(2)11-18(23(33)34)27-21(31)16(9-10-19(28)29)25-22(32)17(26-20(30)14(3)24)12-15-7-5-4-6-8-15/h4-8,13-14,16-18H,9-12,24H2,1-3H3,(H,25,32)(H,26,30)(H,27,31)(H,28,29)(H,33,34). The van der Waals surface area contributed by atoms with E-state index in [-0.39, 0.29) is 25.2 Å². The number of aliphatic carboxylic acids is 2. The van der Waals surface area contributed by atoms with E-state index in [1.54, 1.807) is 44.2 Å². The van der Waals surface area contributed by atoms with Crippen LogP contribution in [0.2, 0.25) is 0 Å². The number of hydrogen-bond donors (Lipinski definition) is 6. The summed E-state index contributed by atoms with van der Waals surface area (Å²) in [5.74, 6) is -4.58. The fourth-order valence-electron chi connectivity index (χ4n) is 3.14. The first kappa shape index (κ1) is 28.6. The van der Waals surface area contributed by atoms with E-state index < -0.39 is 60.2 Å². The maximum atomic E-state index is 13.1. The van der Waals surface area contributed by atoms with Crippen molar-refractivity contribution >= 4 is 29.7 Å². The molecule has 0 aliphatic carbocycles. The first-order valence-electron chi connectivity index (χ1n) is 11.1. The average molecular weight is 479 g/mol. The van der Waals surface area contributed by atoms with Gasteiger partial charge >= 0.3 is 11.9 Å². The van der Waals surface area contributed by atoms with E-state index in [9.17, 15) is 29.1 Å². The van der Waals surface area contributed by atoms with Crippen molar-refractivity contribution in [2.24, 2.45) is 11.7 Å². The van der Waals surface area contributed by atoms with Gasteiger partial charge in [0.15, 0.2) is 0 Å². The Morgan fingerprint density at radius 2 is 1.35 bits per heavy atom. The molecule has 4 atom stereocenters. The van der Waals surface area contributed by atoms with Gasteiger partial charge in [0.05, 0.1) is 6.04 Å². The summed E-state index contributed by atoms with van der Waals surface area (Å²) >= 11 is 0. The molecule has 0 fully saturated rings. The Hall–Kier alpha value is -3.47. The summed E-state index contributed by atoms with van der Waals surface area (Å²) in [6.07, 6.45) is -0.443. The first-order valence-corrected chi connectivity index (χ1v) is 11.1. The number of carboxylic acids is 2. The topological polar surface area (TPSA) is 188 Å². The molecule has 0 heterocycles. The number of rotatable bonds is 14. The molecule has 1 aromatic carbocycles. The third kappa shape index (κ3) is 10.4. The van der Waals surface area contributed by atoms with Crippen LogP contribution in [0.15, 0.2) is 30.3 Å². The zero-order chi connectivity index (χ0) is 25.8. The zero-order valence-electron chi connectivity index (χ0n) is 19.6. The van der Waals surface area contributed by atoms with Gasteiger partial charge in [0.1, 0.15) is 18.1 Å². The smallest absolute Gasteiger partial charge is 0.326 e. The normalized spacial score (nSPS) is 14.4. The lowest BCUT2D eigenvalue weighted by molar-refractivity contribution is -0.143. The number of nitrogens with one attached hydrogen (secondary N) is 3. The van der Waals surface area contributed by atoms with Crippen LogP contribution in [0.5, 0.6) is 0 Å². The summed E-state index contributed by atoms with van der Waals surface area (Å²) in [5.41, 5.74) is 6.34. The van der Waals surface area contributed by atoms with Gasteiger partial charge in [-0.05, 0) is 31.2 Å². The van der Waals surface area contributed by atoms with E-state index in [0.717, 1.165) is 5.56 Å². The van der Waals surface area contributed by atoms with Crippen molar-refractivity contribution in [3.63, 3.8) is 0 Å². The van der Waals surface area contributed by atoms with Crippen LogP contribution >= 0.6 is 0 Å². The maximum Gasteiger partial charge on any atom is 0.326 e. The minimum atomic E-state index is -1.32. The van der Waals surface area contributed by atoms with Gasteiger partial charge in [-0.2, -0.15) is 0 Å². The van der Waals surface area contributed by atoms with Gasteiger partial charge in [-0.15, -0.1) is 0 Å². The van der Waals surface area contributed by atoms with Gasteiger partial charge in [-0.1, -0.05) is 44.2 Å². The lowest BCUT2D eigenvalue weighted by Gasteiger charge is -2.25. The Kier molecular flexibility index (Phi) is 11.7. The van der Waals surface area contributed by atoms with E-state index in [4.69, 9.17) is 10.8 Å². The second-order valence-corrected chi connectivity index (χ2v) is 8.56. The van der Waals surface area contributed by atoms with Gasteiger partial charge in [-0.3, -0.25) is 19.2 Å². The van der Waals surface area contributed by atoms with Crippen LogP contribution in [0.25, 0.3) is 0 Å². The van der Waals surface area contributed by atoms with E-state index in [0.29, 0.717) is 0 Å². The molecule has 11 nitrogen and oxygen atoms in total. The van der Waals surface area contributed by atoms with Gasteiger partial charge in [0.2, 0.25) is 17.7 Å². The highest BCUT2D eigenvalue weighted by Crippen LogP contribution is 2.08. The highest BCUT2D eigenvalue weighted by Gasteiger charge is 2.30. The molecule has 11 heteroatoms. The predicted molar refractivity (Wildman–Crippen MR) is 124 cm³/mol. The third-order valence-electron chi connectivity index (χ3n) is 4.93. The maximum absolute atomic E-state index is 13.1. The predicted octanol–water partition coefficient (Wildman–Crippen LogP) is 0.0262. The van der Waals surface area contributed by atoms with Crippen LogP contribution in [0.3, 0.4) is 0 Å². The van der Waals surface area contributed by atoms with Crippen LogP contribution in [0.1, 0.15) is 45.6 Å². The highest BCUT2D eigenvalue weighted by atomic mass is 16.4. The Balaban J connectivity index is 3.08. The van der Waals surface area contributed by atoms with Crippen molar-refractivity contribution in [1.82, 2.24) is 16.0 Å². The average Bonchev–Trinajstić information content (AvgIpc) is 2.75. The van der Waals surface area contributed by atoms with E-state index in [1.807, 2.05) is 0 Å². The fraction of sp³-hybridized carbons (Fsp3) is 0.522. The number of carbonyl (C=O) groups is 5. The Bertz CT molecular complexity index is 858. The van der Waals surface area contributed by atoms with Crippen molar-refractivity contribution in [2.75, 3.05) is 0 Å². The van der Waals surface area contributed by atoms with Crippen molar-refractivity contribution in [1.29, 1.82) is 0 Å². The molecule has 1 aromatic rings. The fourth-order valence-corrected chi connectivity index (χ4v) is 3.14. The molecule has 34 heavy (non-hydrogen) atoms. The van der Waals surface area contributed by atoms with Crippen LogP contribution < -0.4 is 21.7 Å². The second-order valence-electron chi connectivity index (χ2n) is 8.56. The molecule has 3 amide bonds. The summed E-state index contributed by atoms with van der Waals surface area (Å²) in [6, 6.07) is 4.35. The molecule has 0 aliphatic heterocycles. The van der Waals surface area contributed by atoms with Gasteiger partial charge in [-0.25, -0.2) is 4.79 Å². The molecular formula is C23H34N4O7.